The summed E-state index contributed by atoms with van der Waals surface area (Å²) in [6.45, 7) is 3.45. The smallest absolute Gasteiger partial charge is 0.230 e. The van der Waals surface area contributed by atoms with Crippen molar-refractivity contribution in [3.63, 3.8) is 0 Å². The van der Waals surface area contributed by atoms with Gasteiger partial charge in [0, 0.05) is 25.6 Å². The van der Waals surface area contributed by atoms with E-state index in [9.17, 15) is 9.59 Å². The van der Waals surface area contributed by atoms with Crippen LogP contribution in [0.5, 0.6) is 0 Å². The van der Waals surface area contributed by atoms with Crippen LogP contribution >= 0.6 is 0 Å². The van der Waals surface area contributed by atoms with Crippen LogP contribution in [0.3, 0.4) is 0 Å². The molecule has 0 spiro atoms. The fourth-order valence-corrected chi connectivity index (χ4v) is 3.66. The van der Waals surface area contributed by atoms with Gasteiger partial charge in [-0.25, -0.2) is 4.68 Å². The molecule has 1 atom stereocenters. The molecule has 148 valence electrons. The van der Waals surface area contributed by atoms with Gasteiger partial charge in [-0.3, -0.25) is 9.59 Å². The summed E-state index contributed by atoms with van der Waals surface area (Å²) in [7, 11) is 0. The molecule has 0 saturated carbocycles. The number of likely N-dealkylation sites (tertiary alicyclic amines) is 1. The predicted octanol–water partition coefficient (Wildman–Crippen LogP) is 3.23. The Bertz CT molecular complexity index is 998. The first kappa shape index (κ1) is 18.9. The highest BCUT2D eigenvalue weighted by Crippen LogP contribution is 2.22. The van der Waals surface area contributed by atoms with Crippen molar-refractivity contribution in [3.05, 3.63) is 83.6 Å². The molecule has 1 aliphatic rings. The average molecular weight is 388 g/mol. The van der Waals surface area contributed by atoms with Gasteiger partial charge in [-0.2, -0.15) is 5.10 Å². The Morgan fingerprint density at radius 3 is 2.31 bits per heavy atom. The number of benzene rings is 2. The Hall–Kier alpha value is -3.41. The van der Waals surface area contributed by atoms with Crippen LogP contribution in [0.1, 0.15) is 23.2 Å². The highest BCUT2D eigenvalue weighted by Gasteiger charge is 2.34. The summed E-state index contributed by atoms with van der Waals surface area (Å²) in [6.07, 6.45) is 0.241. The van der Waals surface area contributed by atoms with Gasteiger partial charge in [0.25, 0.3) is 0 Å². The van der Waals surface area contributed by atoms with E-state index in [0.29, 0.717) is 25.5 Å². The van der Waals surface area contributed by atoms with Gasteiger partial charge >= 0.3 is 0 Å². The maximum atomic E-state index is 12.8. The molecule has 2 amide bonds. The van der Waals surface area contributed by atoms with E-state index in [-0.39, 0.29) is 24.2 Å². The number of aromatic nitrogens is 2. The van der Waals surface area contributed by atoms with Crippen molar-refractivity contribution in [3.8, 4) is 0 Å². The number of amides is 2. The van der Waals surface area contributed by atoms with Crippen LogP contribution in [0.2, 0.25) is 0 Å². The van der Waals surface area contributed by atoms with Crippen LogP contribution in [0.15, 0.2) is 66.7 Å². The van der Waals surface area contributed by atoms with Crippen LogP contribution in [0.4, 0.5) is 5.82 Å². The third-order valence-electron chi connectivity index (χ3n) is 5.13. The van der Waals surface area contributed by atoms with Gasteiger partial charge in [0.05, 0.1) is 18.2 Å². The minimum Gasteiger partial charge on any atom is -0.338 e. The number of nitrogens with zero attached hydrogens (tertiary/aromatic N) is 3. The molecule has 6 nitrogen and oxygen atoms in total. The molecule has 1 fully saturated rings. The van der Waals surface area contributed by atoms with Crippen molar-refractivity contribution in [2.75, 3.05) is 11.9 Å². The number of hydrogen-bond donors (Lipinski definition) is 1. The zero-order valence-electron chi connectivity index (χ0n) is 16.4. The normalized spacial score (nSPS) is 16.2. The quantitative estimate of drug-likeness (QED) is 0.705. The van der Waals surface area contributed by atoms with Crippen molar-refractivity contribution in [2.24, 2.45) is 5.92 Å². The van der Waals surface area contributed by atoms with Crippen LogP contribution in [-0.4, -0.2) is 33.0 Å². The molecular formula is C23H24N4O2. The van der Waals surface area contributed by atoms with Gasteiger partial charge < -0.3 is 10.2 Å². The highest BCUT2D eigenvalue weighted by molar-refractivity contribution is 5.96. The summed E-state index contributed by atoms with van der Waals surface area (Å²) in [5, 5.41) is 7.48. The second-order valence-electron chi connectivity index (χ2n) is 7.46. The number of carbonyl (C=O) groups excluding carboxylic acids is 2. The van der Waals surface area contributed by atoms with Crippen molar-refractivity contribution in [1.29, 1.82) is 0 Å². The lowest BCUT2D eigenvalue weighted by atomic mass is 10.1. The maximum Gasteiger partial charge on any atom is 0.230 e. The summed E-state index contributed by atoms with van der Waals surface area (Å²) in [5.74, 6) is 0.183. The van der Waals surface area contributed by atoms with E-state index in [4.69, 9.17) is 0 Å². The SMILES string of the molecule is Cc1cc(NC(=O)C2CC(=O)N(Cc3ccccc3)C2)n(Cc2ccccc2)n1. The summed E-state index contributed by atoms with van der Waals surface area (Å²) < 4.78 is 1.79. The van der Waals surface area contributed by atoms with E-state index in [1.54, 1.807) is 9.58 Å². The molecule has 1 saturated heterocycles. The van der Waals surface area contributed by atoms with Gasteiger partial charge in [0.2, 0.25) is 11.8 Å². The van der Waals surface area contributed by atoms with E-state index in [0.717, 1.165) is 16.8 Å². The van der Waals surface area contributed by atoms with E-state index >= 15 is 0 Å². The minimum absolute atomic E-state index is 0.0166. The molecule has 1 unspecified atom stereocenters. The first-order valence-electron chi connectivity index (χ1n) is 9.79. The molecular weight excluding hydrogens is 364 g/mol. The number of anilines is 1. The largest absolute Gasteiger partial charge is 0.338 e. The van der Waals surface area contributed by atoms with E-state index in [1.165, 1.54) is 0 Å². The van der Waals surface area contributed by atoms with Gasteiger partial charge in [-0.15, -0.1) is 0 Å². The lowest BCUT2D eigenvalue weighted by molar-refractivity contribution is -0.128. The van der Waals surface area contributed by atoms with Gasteiger partial charge in [0.1, 0.15) is 5.82 Å². The van der Waals surface area contributed by atoms with E-state index in [2.05, 4.69) is 10.4 Å². The average Bonchev–Trinajstić information content (AvgIpc) is 3.25. The number of nitrogens with one attached hydrogen (secondary N) is 1. The molecule has 2 aromatic carbocycles. The van der Waals surface area contributed by atoms with Gasteiger partial charge in [0.15, 0.2) is 0 Å². The van der Waals surface area contributed by atoms with Crippen LogP contribution in [0.25, 0.3) is 0 Å². The third kappa shape index (κ3) is 4.54. The first-order valence-corrected chi connectivity index (χ1v) is 9.79. The molecule has 6 heteroatoms. The zero-order valence-corrected chi connectivity index (χ0v) is 16.4. The number of aryl methyl sites for hydroxylation is 1. The van der Waals surface area contributed by atoms with Crippen molar-refractivity contribution >= 4 is 17.6 Å². The summed E-state index contributed by atoms with van der Waals surface area (Å²) in [4.78, 5) is 27.0. The standard InChI is InChI=1S/C23H24N4O2/c1-17-12-21(27(25-17)15-19-10-6-3-7-11-19)24-23(29)20-13-22(28)26(16-20)14-18-8-4-2-5-9-18/h2-12,20H,13-16H2,1H3,(H,24,29). The molecule has 0 bridgehead atoms. The molecule has 0 radical (unpaired) electrons. The molecule has 0 aliphatic carbocycles. The Kier molecular flexibility index (Phi) is 5.42. The molecule has 3 aromatic rings. The second kappa shape index (κ2) is 8.31. The topological polar surface area (TPSA) is 67.2 Å². The number of rotatable bonds is 6. The third-order valence-corrected chi connectivity index (χ3v) is 5.13. The van der Waals surface area contributed by atoms with Gasteiger partial charge in [-0.1, -0.05) is 60.7 Å². The summed E-state index contributed by atoms with van der Waals surface area (Å²) in [5.41, 5.74) is 3.01. The Labute approximate surface area is 170 Å². The maximum absolute atomic E-state index is 12.8. The Morgan fingerprint density at radius 1 is 1.03 bits per heavy atom. The first-order chi connectivity index (χ1) is 14.1. The van der Waals surface area contributed by atoms with Gasteiger partial charge in [-0.05, 0) is 18.1 Å². The molecule has 1 aromatic heterocycles. The fraction of sp³-hybridized carbons (Fsp3) is 0.261. The van der Waals surface area contributed by atoms with Crippen molar-refractivity contribution in [1.82, 2.24) is 14.7 Å². The zero-order chi connectivity index (χ0) is 20.2. The number of hydrogen-bond acceptors (Lipinski definition) is 3. The van der Waals surface area contributed by atoms with Crippen LogP contribution in [0, 0.1) is 12.8 Å². The van der Waals surface area contributed by atoms with E-state index < -0.39 is 0 Å². The molecule has 2 heterocycles. The lowest BCUT2D eigenvalue weighted by Crippen LogP contribution is -2.28. The minimum atomic E-state index is -0.355. The predicted molar refractivity (Wildman–Crippen MR) is 111 cm³/mol. The van der Waals surface area contributed by atoms with Crippen molar-refractivity contribution in [2.45, 2.75) is 26.4 Å². The molecule has 29 heavy (non-hydrogen) atoms. The van der Waals surface area contributed by atoms with Crippen LogP contribution in [-0.2, 0) is 22.7 Å². The monoisotopic (exact) mass is 388 g/mol. The second-order valence-corrected chi connectivity index (χ2v) is 7.46. The van der Waals surface area contributed by atoms with E-state index in [1.807, 2.05) is 73.7 Å². The van der Waals surface area contributed by atoms with Crippen molar-refractivity contribution < 1.29 is 9.59 Å². The molecule has 1 aliphatic heterocycles. The fourth-order valence-electron chi connectivity index (χ4n) is 3.66. The summed E-state index contributed by atoms with van der Waals surface area (Å²) in [6, 6.07) is 21.7. The molecule has 1 N–H and O–H groups in total. The molecule has 4 rings (SSSR count). The Balaban J connectivity index is 1.41. The van der Waals surface area contributed by atoms with Crippen LogP contribution < -0.4 is 5.32 Å². The highest BCUT2D eigenvalue weighted by atomic mass is 16.2. The number of carbonyl (C=O) groups is 2. The Morgan fingerprint density at radius 2 is 1.66 bits per heavy atom. The lowest BCUT2D eigenvalue weighted by Gasteiger charge is -2.17. The summed E-state index contributed by atoms with van der Waals surface area (Å²) >= 11 is 0.